The molecule has 0 saturated heterocycles. The third-order valence-corrected chi connectivity index (χ3v) is 4.92. The molecule has 118 valence electrons. The zero-order valence-electron chi connectivity index (χ0n) is 13.7. The maximum absolute atomic E-state index is 12.1. The number of nitrogens with one attached hydrogen (secondary N) is 1. The molecule has 4 heteroatoms. The van der Waals surface area contributed by atoms with Crippen LogP contribution in [-0.2, 0) is 4.79 Å². The van der Waals surface area contributed by atoms with Crippen LogP contribution < -0.4 is 5.32 Å². The van der Waals surface area contributed by atoms with Crippen LogP contribution in [0.25, 0.3) is 10.4 Å². The minimum Gasteiger partial charge on any atom is -0.349 e. The fourth-order valence-corrected chi connectivity index (χ4v) is 3.32. The molecule has 1 heterocycles. The molecule has 0 unspecified atom stereocenters. The van der Waals surface area contributed by atoms with Crippen molar-refractivity contribution in [1.29, 1.82) is 0 Å². The second kappa shape index (κ2) is 7.54. The Balaban J connectivity index is 2.04. The molecular weight excluding hydrogens is 292 g/mol. The molecule has 0 aliphatic carbocycles. The predicted molar refractivity (Wildman–Crippen MR) is 92.9 cm³/mol. The Morgan fingerprint density at radius 1 is 1.27 bits per heavy atom. The predicted octanol–water partition coefficient (Wildman–Crippen LogP) is 4.73. The summed E-state index contributed by atoms with van der Waals surface area (Å²) < 4.78 is 0. The lowest BCUT2D eigenvalue weighted by Gasteiger charge is -2.18. The van der Waals surface area contributed by atoms with Gasteiger partial charge in [-0.3, -0.25) is 4.79 Å². The van der Waals surface area contributed by atoms with Crippen LogP contribution in [0.1, 0.15) is 50.9 Å². The summed E-state index contributed by atoms with van der Waals surface area (Å²) in [6.45, 7) is 8.15. The minimum absolute atomic E-state index is 0.0309. The zero-order chi connectivity index (χ0) is 16.1. The normalized spacial score (nSPS) is 13.6. The number of benzene rings is 1. The van der Waals surface area contributed by atoms with Gasteiger partial charge in [-0.1, -0.05) is 44.5 Å². The maximum Gasteiger partial charge on any atom is 0.223 e. The van der Waals surface area contributed by atoms with Gasteiger partial charge < -0.3 is 5.32 Å². The molecule has 1 aromatic heterocycles. The Bertz CT molecular complexity index is 618. The van der Waals surface area contributed by atoms with Gasteiger partial charge in [0.15, 0.2) is 0 Å². The Hall–Kier alpha value is -1.68. The molecule has 2 rings (SSSR count). The highest BCUT2D eigenvalue weighted by atomic mass is 32.1. The van der Waals surface area contributed by atoms with Crippen molar-refractivity contribution in [3.8, 4) is 10.4 Å². The van der Waals surface area contributed by atoms with Crippen LogP contribution in [0.3, 0.4) is 0 Å². The number of rotatable bonds is 6. The molecule has 0 radical (unpaired) electrons. The van der Waals surface area contributed by atoms with Gasteiger partial charge in [-0.05, 0) is 31.4 Å². The minimum atomic E-state index is 0.0309. The van der Waals surface area contributed by atoms with E-state index in [4.69, 9.17) is 0 Å². The Kier molecular flexibility index (Phi) is 5.72. The number of carbonyl (C=O) groups excluding carboxylic acids is 1. The van der Waals surface area contributed by atoms with Gasteiger partial charge >= 0.3 is 0 Å². The van der Waals surface area contributed by atoms with E-state index in [1.54, 1.807) is 11.3 Å². The average molecular weight is 316 g/mol. The topological polar surface area (TPSA) is 42.0 Å². The number of thiazole rings is 1. The molecule has 0 fully saturated rings. The van der Waals surface area contributed by atoms with Crippen LogP contribution in [-0.4, -0.2) is 10.9 Å². The number of amides is 1. The first kappa shape index (κ1) is 16.7. The summed E-state index contributed by atoms with van der Waals surface area (Å²) in [5.41, 5.74) is 5.24. The smallest absolute Gasteiger partial charge is 0.223 e. The van der Waals surface area contributed by atoms with E-state index in [-0.39, 0.29) is 17.9 Å². The van der Waals surface area contributed by atoms with Crippen molar-refractivity contribution in [2.45, 2.75) is 46.6 Å². The monoisotopic (exact) mass is 316 g/mol. The lowest BCUT2D eigenvalue weighted by atomic mass is 10.0. The van der Waals surface area contributed by atoms with E-state index < -0.39 is 0 Å². The molecule has 0 aliphatic rings. The van der Waals surface area contributed by atoms with Crippen LogP contribution in [0.5, 0.6) is 0 Å². The third kappa shape index (κ3) is 3.95. The van der Waals surface area contributed by atoms with Crippen molar-refractivity contribution in [2.75, 3.05) is 0 Å². The van der Waals surface area contributed by atoms with Crippen molar-refractivity contribution in [2.24, 2.45) is 5.92 Å². The van der Waals surface area contributed by atoms with Gasteiger partial charge in [0.1, 0.15) is 0 Å². The van der Waals surface area contributed by atoms with Gasteiger partial charge in [-0.2, -0.15) is 0 Å². The van der Waals surface area contributed by atoms with Crippen molar-refractivity contribution in [1.82, 2.24) is 10.3 Å². The molecular formula is C18H24N2OS. The van der Waals surface area contributed by atoms with Crippen molar-refractivity contribution < 1.29 is 4.79 Å². The van der Waals surface area contributed by atoms with E-state index in [0.29, 0.717) is 0 Å². The largest absolute Gasteiger partial charge is 0.349 e. The number of hydrogen-bond acceptors (Lipinski definition) is 3. The van der Waals surface area contributed by atoms with E-state index >= 15 is 0 Å². The zero-order valence-corrected chi connectivity index (χ0v) is 14.5. The van der Waals surface area contributed by atoms with E-state index in [1.807, 2.05) is 26.3 Å². The third-order valence-electron chi connectivity index (χ3n) is 3.95. The van der Waals surface area contributed by atoms with Gasteiger partial charge in [0.25, 0.3) is 0 Å². The van der Waals surface area contributed by atoms with E-state index in [9.17, 15) is 4.79 Å². The molecule has 0 aliphatic heterocycles. The van der Waals surface area contributed by atoms with Crippen LogP contribution in [0, 0.1) is 12.8 Å². The second-order valence-electron chi connectivity index (χ2n) is 5.81. The SMILES string of the molecule is CCC[C@H](C)C(=O)N[C@@H](C)c1ccc(-c2scnc2C)cc1. The Labute approximate surface area is 136 Å². The van der Waals surface area contributed by atoms with Crippen LogP contribution >= 0.6 is 11.3 Å². The lowest BCUT2D eigenvalue weighted by molar-refractivity contribution is -0.125. The van der Waals surface area contributed by atoms with Gasteiger partial charge in [-0.15, -0.1) is 11.3 Å². The van der Waals surface area contributed by atoms with Crippen LogP contribution in [0.15, 0.2) is 29.8 Å². The van der Waals surface area contributed by atoms with Gasteiger partial charge in [0.05, 0.1) is 22.1 Å². The molecule has 1 N–H and O–H groups in total. The fraction of sp³-hybridized carbons (Fsp3) is 0.444. The van der Waals surface area contributed by atoms with Gasteiger partial charge in [0.2, 0.25) is 5.91 Å². The van der Waals surface area contributed by atoms with Crippen molar-refractivity contribution in [3.05, 3.63) is 41.0 Å². The average Bonchev–Trinajstić information content (AvgIpc) is 2.93. The first-order valence-electron chi connectivity index (χ1n) is 7.83. The molecule has 1 amide bonds. The summed E-state index contributed by atoms with van der Waals surface area (Å²) in [4.78, 5) is 17.6. The standard InChI is InChI=1S/C18H24N2OS/c1-5-6-12(2)18(21)20-13(3)15-7-9-16(10-8-15)17-14(4)19-11-22-17/h7-13H,5-6H2,1-4H3,(H,20,21)/t12-,13-/m0/s1. The molecule has 0 spiro atoms. The summed E-state index contributed by atoms with van der Waals surface area (Å²) in [5.74, 6) is 0.211. The number of nitrogens with zero attached hydrogens (tertiary/aromatic N) is 1. The van der Waals surface area contributed by atoms with Crippen molar-refractivity contribution >= 4 is 17.2 Å². The van der Waals surface area contributed by atoms with Gasteiger partial charge in [0, 0.05) is 5.92 Å². The quantitative estimate of drug-likeness (QED) is 0.837. The highest BCUT2D eigenvalue weighted by Gasteiger charge is 2.15. The molecule has 2 atom stereocenters. The lowest BCUT2D eigenvalue weighted by Crippen LogP contribution is -2.31. The molecule has 3 nitrogen and oxygen atoms in total. The molecule has 0 saturated carbocycles. The van der Waals surface area contributed by atoms with Crippen molar-refractivity contribution in [3.63, 3.8) is 0 Å². The van der Waals surface area contributed by atoms with Gasteiger partial charge in [-0.25, -0.2) is 4.98 Å². The Morgan fingerprint density at radius 2 is 1.95 bits per heavy atom. The molecule has 1 aromatic carbocycles. The summed E-state index contributed by atoms with van der Waals surface area (Å²) in [6, 6.07) is 8.42. The van der Waals surface area contributed by atoms with E-state index in [0.717, 1.165) is 24.1 Å². The number of hydrogen-bond donors (Lipinski definition) is 1. The summed E-state index contributed by atoms with van der Waals surface area (Å²) in [7, 11) is 0. The molecule has 2 aromatic rings. The number of aryl methyl sites for hydroxylation is 1. The summed E-state index contributed by atoms with van der Waals surface area (Å²) in [6.07, 6.45) is 1.97. The summed E-state index contributed by atoms with van der Waals surface area (Å²) >= 11 is 1.66. The molecule has 22 heavy (non-hydrogen) atoms. The van der Waals surface area contributed by atoms with Crippen LogP contribution in [0.4, 0.5) is 0 Å². The number of aromatic nitrogens is 1. The highest BCUT2D eigenvalue weighted by Crippen LogP contribution is 2.28. The Morgan fingerprint density at radius 3 is 2.50 bits per heavy atom. The second-order valence-corrected chi connectivity index (χ2v) is 6.66. The summed E-state index contributed by atoms with van der Waals surface area (Å²) in [5, 5.41) is 3.10. The highest BCUT2D eigenvalue weighted by molar-refractivity contribution is 7.13. The van der Waals surface area contributed by atoms with Crippen LogP contribution in [0.2, 0.25) is 0 Å². The van der Waals surface area contributed by atoms with E-state index in [2.05, 4.69) is 41.5 Å². The molecule has 0 bridgehead atoms. The fourth-order valence-electron chi connectivity index (χ4n) is 2.51. The van der Waals surface area contributed by atoms with E-state index in [1.165, 1.54) is 10.4 Å². The first-order chi connectivity index (χ1) is 10.5. The number of carbonyl (C=O) groups is 1. The maximum atomic E-state index is 12.1. The first-order valence-corrected chi connectivity index (χ1v) is 8.71.